The lowest BCUT2D eigenvalue weighted by molar-refractivity contribution is -0.133. The number of hydrogen-bond donors (Lipinski definition) is 2. The Hall–Kier alpha value is -4.11. The third-order valence-corrected chi connectivity index (χ3v) is 7.29. The molecule has 2 N–H and O–H groups in total. The van der Waals surface area contributed by atoms with Gasteiger partial charge in [0.25, 0.3) is 5.91 Å². The normalized spacial score (nSPS) is 17.6. The van der Waals surface area contributed by atoms with E-state index in [1.807, 2.05) is 66.7 Å². The van der Waals surface area contributed by atoms with Crippen LogP contribution in [0.25, 0.3) is 21.3 Å². The number of aromatic nitrogens is 2. The molecule has 0 saturated carbocycles. The minimum absolute atomic E-state index is 0.298. The van der Waals surface area contributed by atoms with E-state index < -0.39 is 29.9 Å². The molecule has 36 heavy (non-hydrogen) atoms. The Labute approximate surface area is 212 Å². The molecule has 1 unspecified atom stereocenters. The number of fused-ring (bicyclic) bond motifs is 1. The number of hydrogen-bond acceptors (Lipinski definition) is 6. The summed E-state index contributed by atoms with van der Waals surface area (Å²) in [5.74, 6) is -0.586. The highest BCUT2D eigenvalue weighted by Crippen LogP contribution is 2.31. The van der Waals surface area contributed by atoms with Gasteiger partial charge in [0.05, 0.1) is 0 Å². The number of anilines is 1. The lowest BCUT2D eigenvalue weighted by atomic mass is 9.90. The smallest absolute Gasteiger partial charge is 0.319 e. The molecule has 1 saturated heterocycles. The third-order valence-electron chi connectivity index (χ3n) is 6.40. The van der Waals surface area contributed by atoms with E-state index in [4.69, 9.17) is 0 Å². The van der Waals surface area contributed by atoms with Crippen molar-refractivity contribution in [2.45, 2.75) is 32.2 Å². The van der Waals surface area contributed by atoms with Crippen molar-refractivity contribution in [1.29, 1.82) is 0 Å². The van der Waals surface area contributed by atoms with E-state index in [1.54, 1.807) is 6.92 Å². The van der Waals surface area contributed by atoms with Crippen LogP contribution < -0.4 is 10.6 Å². The van der Waals surface area contributed by atoms with Crippen LogP contribution in [0.3, 0.4) is 0 Å². The number of nitrogens with one attached hydrogen (secondary N) is 2. The van der Waals surface area contributed by atoms with Crippen molar-refractivity contribution in [2.24, 2.45) is 0 Å². The second kappa shape index (κ2) is 9.16. The largest absolute Gasteiger partial charge is 0.325 e. The van der Waals surface area contributed by atoms with Gasteiger partial charge in [0.2, 0.25) is 11.0 Å². The zero-order valence-electron chi connectivity index (χ0n) is 20.1. The van der Waals surface area contributed by atoms with E-state index in [0.717, 1.165) is 21.2 Å². The number of rotatable bonds is 6. The van der Waals surface area contributed by atoms with Gasteiger partial charge in [-0.2, -0.15) is 0 Å². The van der Waals surface area contributed by atoms with Gasteiger partial charge in [0, 0.05) is 5.56 Å². The van der Waals surface area contributed by atoms with Gasteiger partial charge in [-0.1, -0.05) is 85.8 Å². The lowest BCUT2D eigenvalue weighted by Gasteiger charge is -2.22. The zero-order valence-corrected chi connectivity index (χ0v) is 20.9. The maximum atomic E-state index is 13.3. The first-order chi connectivity index (χ1) is 17.2. The van der Waals surface area contributed by atoms with Crippen molar-refractivity contribution in [3.05, 3.63) is 77.9 Å². The molecular weight excluding hydrogens is 474 g/mol. The first kappa shape index (κ1) is 23.6. The molecule has 182 valence electrons. The standard InChI is InChI=1S/C27H25N5O3S/c1-16(2)17-8-10-19(11-9-17)23-30-31-25(36-23)28-22(33)15-32-24(34)27(3,29-26(32)35)21-13-12-18-6-4-5-7-20(18)14-21/h4-14,16H,15H2,1-3H3,(H,29,35)(H,28,31,33). The van der Waals surface area contributed by atoms with Gasteiger partial charge in [-0.25, -0.2) is 4.79 Å². The van der Waals surface area contributed by atoms with Crippen molar-refractivity contribution in [3.8, 4) is 10.6 Å². The van der Waals surface area contributed by atoms with Crippen molar-refractivity contribution >= 4 is 45.1 Å². The molecule has 2 heterocycles. The SMILES string of the molecule is CC(C)c1ccc(-c2nnc(NC(=O)CN3C(=O)NC(C)(c4ccc5ccccc5c4)C3=O)s2)cc1. The van der Waals surface area contributed by atoms with E-state index in [-0.39, 0.29) is 0 Å². The number of imide groups is 1. The number of benzene rings is 3. The fourth-order valence-corrected chi connectivity index (χ4v) is 5.01. The molecule has 1 fully saturated rings. The summed E-state index contributed by atoms with van der Waals surface area (Å²) in [5, 5.41) is 16.6. The molecule has 3 aromatic carbocycles. The highest BCUT2D eigenvalue weighted by atomic mass is 32.1. The van der Waals surface area contributed by atoms with Gasteiger partial charge in [-0.05, 0) is 40.8 Å². The Morgan fingerprint density at radius 3 is 2.47 bits per heavy atom. The van der Waals surface area contributed by atoms with E-state index in [9.17, 15) is 14.4 Å². The maximum absolute atomic E-state index is 13.3. The second-order valence-electron chi connectivity index (χ2n) is 9.25. The van der Waals surface area contributed by atoms with Crippen LogP contribution >= 0.6 is 11.3 Å². The van der Waals surface area contributed by atoms with Crippen LogP contribution in [0.1, 0.15) is 37.8 Å². The number of nitrogens with zero attached hydrogens (tertiary/aromatic N) is 3. The van der Waals surface area contributed by atoms with Crippen LogP contribution in [0.5, 0.6) is 0 Å². The molecule has 1 aromatic heterocycles. The number of amides is 4. The highest BCUT2D eigenvalue weighted by molar-refractivity contribution is 7.18. The summed E-state index contributed by atoms with van der Waals surface area (Å²) in [6.07, 6.45) is 0. The monoisotopic (exact) mass is 499 g/mol. The third kappa shape index (κ3) is 4.33. The Balaban J connectivity index is 1.27. The predicted molar refractivity (Wildman–Crippen MR) is 140 cm³/mol. The topological polar surface area (TPSA) is 104 Å². The van der Waals surface area contributed by atoms with E-state index in [1.165, 1.54) is 16.9 Å². The Bertz CT molecular complexity index is 1480. The summed E-state index contributed by atoms with van der Waals surface area (Å²) < 4.78 is 0. The summed E-state index contributed by atoms with van der Waals surface area (Å²) in [7, 11) is 0. The van der Waals surface area contributed by atoms with Crippen LogP contribution in [-0.2, 0) is 15.1 Å². The van der Waals surface area contributed by atoms with Gasteiger partial charge < -0.3 is 5.32 Å². The van der Waals surface area contributed by atoms with Crippen molar-refractivity contribution in [1.82, 2.24) is 20.4 Å². The first-order valence-corrected chi connectivity index (χ1v) is 12.4. The predicted octanol–water partition coefficient (Wildman–Crippen LogP) is 4.89. The molecule has 0 aliphatic carbocycles. The van der Waals surface area contributed by atoms with Crippen LogP contribution in [-0.4, -0.2) is 39.5 Å². The van der Waals surface area contributed by atoms with Gasteiger partial charge in [-0.15, -0.1) is 10.2 Å². The average molecular weight is 500 g/mol. The second-order valence-corrected chi connectivity index (χ2v) is 10.2. The number of carbonyl (C=O) groups is 3. The fraction of sp³-hybridized carbons (Fsp3) is 0.222. The van der Waals surface area contributed by atoms with E-state index in [0.29, 0.717) is 21.6 Å². The molecule has 0 bridgehead atoms. The summed E-state index contributed by atoms with van der Waals surface area (Å²) >= 11 is 1.23. The van der Waals surface area contributed by atoms with Gasteiger partial charge in [0.15, 0.2) is 0 Å². The molecule has 4 amide bonds. The minimum Gasteiger partial charge on any atom is -0.319 e. The molecule has 0 radical (unpaired) electrons. The molecule has 4 aromatic rings. The number of carbonyl (C=O) groups excluding carboxylic acids is 3. The molecule has 9 heteroatoms. The Morgan fingerprint density at radius 2 is 1.75 bits per heavy atom. The maximum Gasteiger partial charge on any atom is 0.325 e. The van der Waals surface area contributed by atoms with E-state index >= 15 is 0 Å². The number of urea groups is 1. The highest BCUT2D eigenvalue weighted by Gasteiger charge is 2.49. The van der Waals surface area contributed by atoms with Crippen molar-refractivity contribution in [3.63, 3.8) is 0 Å². The molecule has 1 aliphatic heterocycles. The van der Waals surface area contributed by atoms with Crippen molar-refractivity contribution < 1.29 is 14.4 Å². The van der Waals surface area contributed by atoms with Gasteiger partial charge in [-0.3, -0.25) is 19.8 Å². The molecule has 1 aliphatic rings. The van der Waals surface area contributed by atoms with Crippen LogP contribution in [0.15, 0.2) is 66.7 Å². The fourth-order valence-electron chi connectivity index (χ4n) is 4.24. The summed E-state index contributed by atoms with van der Waals surface area (Å²) in [6, 6.07) is 20.8. The molecule has 5 rings (SSSR count). The quantitative estimate of drug-likeness (QED) is 0.368. The van der Waals surface area contributed by atoms with E-state index in [2.05, 4.69) is 34.7 Å². The lowest BCUT2D eigenvalue weighted by Crippen LogP contribution is -2.42. The van der Waals surface area contributed by atoms with Crippen LogP contribution in [0, 0.1) is 0 Å². The summed E-state index contributed by atoms with van der Waals surface area (Å²) in [6.45, 7) is 5.48. The molecule has 1 atom stereocenters. The zero-order chi connectivity index (χ0) is 25.4. The minimum atomic E-state index is -1.26. The molecular formula is C27H25N5O3S. The first-order valence-electron chi connectivity index (χ1n) is 11.6. The van der Waals surface area contributed by atoms with Gasteiger partial charge in [0.1, 0.15) is 17.1 Å². The molecule has 0 spiro atoms. The summed E-state index contributed by atoms with van der Waals surface area (Å²) in [5.41, 5.74) is 1.51. The molecule has 8 nitrogen and oxygen atoms in total. The van der Waals surface area contributed by atoms with Crippen LogP contribution in [0.2, 0.25) is 0 Å². The summed E-state index contributed by atoms with van der Waals surface area (Å²) in [4.78, 5) is 39.6. The van der Waals surface area contributed by atoms with Crippen LogP contribution in [0.4, 0.5) is 9.93 Å². The Morgan fingerprint density at radius 1 is 1.03 bits per heavy atom. The average Bonchev–Trinajstić information content (AvgIpc) is 3.42. The van der Waals surface area contributed by atoms with Gasteiger partial charge >= 0.3 is 6.03 Å². The Kier molecular flexibility index (Phi) is 6.01. The van der Waals surface area contributed by atoms with Crippen molar-refractivity contribution in [2.75, 3.05) is 11.9 Å².